The Morgan fingerprint density at radius 3 is 2.75 bits per heavy atom. The zero-order valence-corrected chi connectivity index (χ0v) is 10.8. The summed E-state index contributed by atoms with van der Waals surface area (Å²) in [6.07, 6.45) is 2.02. The summed E-state index contributed by atoms with van der Waals surface area (Å²) >= 11 is 0. The van der Waals surface area contributed by atoms with Crippen LogP contribution in [0.25, 0.3) is 0 Å². The molecule has 0 unspecified atom stereocenters. The number of hydrogen-bond acceptors (Lipinski definition) is 3. The second-order valence-electron chi connectivity index (χ2n) is 5.21. The number of ether oxygens (including phenoxy) is 2. The monoisotopic (exact) mass is 229 g/mol. The summed E-state index contributed by atoms with van der Waals surface area (Å²) in [5.41, 5.74) is -0.421. The molecule has 1 aliphatic rings. The average molecular weight is 229 g/mol. The number of carbonyl (C=O) groups is 1. The van der Waals surface area contributed by atoms with Crippen LogP contribution < -0.4 is 0 Å². The first-order chi connectivity index (χ1) is 7.42. The Morgan fingerprint density at radius 2 is 2.19 bits per heavy atom. The van der Waals surface area contributed by atoms with E-state index in [1.165, 1.54) is 0 Å². The second kappa shape index (κ2) is 5.53. The Balaban J connectivity index is 2.44. The maximum atomic E-state index is 11.8. The fourth-order valence-corrected chi connectivity index (χ4v) is 1.71. The number of rotatable bonds is 2. The van der Waals surface area contributed by atoms with Gasteiger partial charge in [0.15, 0.2) is 0 Å². The normalized spacial score (nSPS) is 22.0. The summed E-state index contributed by atoms with van der Waals surface area (Å²) in [5.74, 6) is 0. The van der Waals surface area contributed by atoms with Gasteiger partial charge in [0.1, 0.15) is 5.60 Å². The van der Waals surface area contributed by atoms with Crippen LogP contribution in [0.5, 0.6) is 0 Å². The molecule has 0 aromatic carbocycles. The molecule has 1 heterocycles. The fraction of sp³-hybridized carbons (Fsp3) is 0.917. The highest BCUT2D eigenvalue weighted by molar-refractivity contribution is 5.68. The average Bonchev–Trinajstić information content (AvgIpc) is 2.16. The minimum atomic E-state index is -0.421. The van der Waals surface area contributed by atoms with Crippen LogP contribution >= 0.6 is 0 Å². The molecule has 0 spiro atoms. The molecule has 0 radical (unpaired) electrons. The zero-order chi connectivity index (χ0) is 12.2. The van der Waals surface area contributed by atoms with Gasteiger partial charge >= 0.3 is 6.09 Å². The van der Waals surface area contributed by atoms with Gasteiger partial charge < -0.3 is 14.4 Å². The van der Waals surface area contributed by atoms with Crippen LogP contribution in [-0.4, -0.2) is 42.4 Å². The summed E-state index contributed by atoms with van der Waals surface area (Å²) < 4.78 is 10.9. The molecule has 0 aromatic rings. The molecular formula is C12H23NO3. The predicted octanol–water partition coefficient (Wildman–Crippen LogP) is 2.42. The third kappa shape index (κ3) is 4.39. The van der Waals surface area contributed by atoms with E-state index in [4.69, 9.17) is 9.47 Å². The molecule has 1 amide bonds. The molecule has 1 fully saturated rings. The zero-order valence-electron chi connectivity index (χ0n) is 10.8. The van der Waals surface area contributed by atoms with Crippen molar-refractivity contribution in [3.8, 4) is 0 Å². The number of nitrogens with zero attached hydrogens (tertiary/aromatic N) is 1. The highest BCUT2D eigenvalue weighted by Gasteiger charge is 2.27. The molecule has 0 N–H and O–H groups in total. The molecule has 94 valence electrons. The Labute approximate surface area is 97.9 Å². The van der Waals surface area contributed by atoms with Gasteiger partial charge in [-0.05, 0) is 27.2 Å². The van der Waals surface area contributed by atoms with Crippen LogP contribution in [0.3, 0.4) is 0 Å². The number of morpholine rings is 1. The molecule has 1 rings (SSSR count). The van der Waals surface area contributed by atoms with E-state index < -0.39 is 5.60 Å². The summed E-state index contributed by atoms with van der Waals surface area (Å²) in [5, 5.41) is 0. The maximum Gasteiger partial charge on any atom is 0.410 e. The highest BCUT2D eigenvalue weighted by atomic mass is 16.6. The van der Waals surface area contributed by atoms with Crippen molar-refractivity contribution in [3.05, 3.63) is 0 Å². The first-order valence-corrected chi connectivity index (χ1v) is 6.02. The Morgan fingerprint density at radius 1 is 1.50 bits per heavy atom. The van der Waals surface area contributed by atoms with Gasteiger partial charge in [-0.1, -0.05) is 13.3 Å². The van der Waals surface area contributed by atoms with E-state index in [1.807, 2.05) is 20.8 Å². The Bertz CT molecular complexity index is 233. The van der Waals surface area contributed by atoms with Crippen LogP contribution in [0.1, 0.15) is 40.5 Å². The first-order valence-electron chi connectivity index (χ1n) is 6.02. The lowest BCUT2D eigenvalue weighted by molar-refractivity contribution is -0.0446. The third-order valence-corrected chi connectivity index (χ3v) is 2.40. The van der Waals surface area contributed by atoms with E-state index in [-0.39, 0.29) is 12.2 Å². The molecule has 1 aliphatic heterocycles. The van der Waals surface area contributed by atoms with Crippen molar-refractivity contribution in [2.75, 3.05) is 19.7 Å². The van der Waals surface area contributed by atoms with Crippen LogP contribution in [-0.2, 0) is 9.47 Å². The van der Waals surface area contributed by atoms with Crippen molar-refractivity contribution in [3.63, 3.8) is 0 Å². The molecular weight excluding hydrogens is 206 g/mol. The highest BCUT2D eigenvalue weighted by Crippen LogP contribution is 2.14. The van der Waals surface area contributed by atoms with Gasteiger partial charge in [-0.15, -0.1) is 0 Å². The van der Waals surface area contributed by atoms with E-state index in [2.05, 4.69) is 6.92 Å². The molecule has 4 nitrogen and oxygen atoms in total. The lowest BCUT2D eigenvalue weighted by Crippen LogP contribution is -2.47. The Kier molecular flexibility index (Phi) is 4.59. The van der Waals surface area contributed by atoms with Crippen molar-refractivity contribution in [2.45, 2.75) is 52.2 Å². The van der Waals surface area contributed by atoms with E-state index >= 15 is 0 Å². The van der Waals surface area contributed by atoms with Gasteiger partial charge in [0, 0.05) is 6.54 Å². The largest absolute Gasteiger partial charge is 0.444 e. The summed E-state index contributed by atoms with van der Waals surface area (Å²) in [6, 6.07) is 0. The van der Waals surface area contributed by atoms with Crippen molar-refractivity contribution in [2.24, 2.45) is 0 Å². The summed E-state index contributed by atoms with van der Waals surface area (Å²) in [7, 11) is 0. The van der Waals surface area contributed by atoms with Crippen LogP contribution in [0.15, 0.2) is 0 Å². The quantitative estimate of drug-likeness (QED) is 0.730. The Hall–Kier alpha value is -0.770. The number of amides is 1. The molecule has 0 aliphatic carbocycles. The van der Waals surface area contributed by atoms with E-state index in [1.54, 1.807) is 4.90 Å². The van der Waals surface area contributed by atoms with Gasteiger partial charge in [-0.3, -0.25) is 0 Å². The van der Waals surface area contributed by atoms with E-state index in [0.29, 0.717) is 19.7 Å². The summed E-state index contributed by atoms with van der Waals surface area (Å²) in [6.45, 7) is 9.68. The smallest absolute Gasteiger partial charge is 0.410 e. The molecule has 1 saturated heterocycles. The van der Waals surface area contributed by atoms with Gasteiger partial charge in [0.25, 0.3) is 0 Å². The van der Waals surface area contributed by atoms with Crippen molar-refractivity contribution < 1.29 is 14.3 Å². The van der Waals surface area contributed by atoms with Crippen molar-refractivity contribution in [1.82, 2.24) is 4.90 Å². The van der Waals surface area contributed by atoms with E-state index in [0.717, 1.165) is 12.8 Å². The van der Waals surface area contributed by atoms with Gasteiger partial charge in [-0.25, -0.2) is 4.79 Å². The van der Waals surface area contributed by atoms with Crippen LogP contribution in [0.2, 0.25) is 0 Å². The molecule has 0 saturated carbocycles. The summed E-state index contributed by atoms with van der Waals surface area (Å²) in [4.78, 5) is 13.6. The van der Waals surface area contributed by atoms with Gasteiger partial charge in [0.2, 0.25) is 0 Å². The van der Waals surface area contributed by atoms with Crippen molar-refractivity contribution >= 4 is 6.09 Å². The standard InChI is InChI=1S/C12H23NO3/c1-5-6-10-9-13(7-8-15-10)11(14)16-12(2,3)4/h10H,5-9H2,1-4H3/t10-/m0/s1. The predicted molar refractivity (Wildman–Crippen MR) is 62.5 cm³/mol. The van der Waals surface area contributed by atoms with E-state index in [9.17, 15) is 4.79 Å². The molecule has 1 atom stereocenters. The lowest BCUT2D eigenvalue weighted by Gasteiger charge is -2.34. The topological polar surface area (TPSA) is 38.8 Å². The lowest BCUT2D eigenvalue weighted by atomic mass is 10.2. The second-order valence-corrected chi connectivity index (χ2v) is 5.21. The van der Waals surface area contributed by atoms with Gasteiger partial charge in [0.05, 0.1) is 19.3 Å². The fourth-order valence-electron chi connectivity index (χ4n) is 1.71. The molecule has 0 aromatic heterocycles. The van der Waals surface area contributed by atoms with Crippen LogP contribution in [0, 0.1) is 0 Å². The third-order valence-electron chi connectivity index (χ3n) is 2.40. The minimum absolute atomic E-state index is 0.172. The molecule has 0 bridgehead atoms. The van der Waals surface area contributed by atoms with Gasteiger partial charge in [-0.2, -0.15) is 0 Å². The molecule has 16 heavy (non-hydrogen) atoms. The SMILES string of the molecule is CCC[C@H]1CN(C(=O)OC(C)(C)C)CCO1. The van der Waals surface area contributed by atoms with Crippen molar-refractivity contribution in [1.29, 1.82) is 0 Å². The molecule has 4 heteroatoms. The number of carbonyl (C=O) groups excluding carboxylic acids is 1. The van der Waals surface area contributed by atoms with Crippen LogP contribution in [0.4, 0.5) is 4.79 Å². The maximum absolute atomic E-state index is 11.8. The number of hydrogen-bond donors (Lipinski definition) is 0. The minimum Gasteiger partial charge on any atom is -0.444 e. The first kappa shape index (κ1) is 13.3.